The van der Waals surface area contributed by atoms with Crippen LogP contribution in [0.2, 0.25) is 0 Å². The second-order valence-electron chi connectivity index (χ2n) is 4.74. The van der Waals surface area contributed by atoms with Gasteiger partial charge in [0.15, 0.2) is 0 Å². The standard InChI is InChI=1S/C13H23NO5/c1-3-4-6-18-10(2)13(17)14-5-7-19-11(9-14)8-12(15)16/h10-11H,3-9H2,1-2H3,(H,15,16). The molecule has 1 rings (SSSR count). The molecule has 6 heteroatoms. The molecule has 1 aliphatic rings. The Bertz CT molecular complexity index is 307. The van der Waals surface area contributed by atoms with Crippen LogP contribution in [0.25, 0.3) is 0 Å². The molecule has 0 aromatic heterocycles. The second-order valence-corrected chi connectivity index (χ2v) is 4.74. The zero-order valence-corrected chi connectivity index (χ0v) is 11.6. The lowest BCUT2D eigenvalue weighted by atomic mass is 10.2. The first-order chi connectivity index (χ1) is 9.04. The molecule has 2 atom stereocenters. The molecule has 1 heterocycles. The number of carboxylic acid groups (broad SMARTS) is 1. The number of nitrogens with zero attached hydrogens (tertiary/aromatic N) is 1. The molecule has 1 N–H and O–H groups in total. The highest BCUT2D eigenvalue weighted by atomic mass is 16.5. The summed E-state index contributed by atoms with van der Waals surface area (Å²) >= 11 is 0. The summed E-state index contributed by atoms with van der Waals surface area (Å²) < 4.78 is 10.8. The highest BCUT2D eigenvalue weighted by Crippen LogP contribution is 2.11. The number of ether oxygens (including phenoxy) is 2. The molecule has 0 saturated carbocycles. The van der Waals surface area contributed by atoms with E-state index in [0.29, 0.717) is 26.3 Å². The molecular weight excluding hydrogens is 250 g/mol. The van der Waals surface area contributed by atoms with Crippen LogP contribution < -0.4 is 0 Å². The number of rotatable bonds is 7. The van der Waals surface area contributed by atoms with Crippen LogP contribution in [0.1, 0.15) is 33.1 Å². The van der Waals surface area contributed by atoms with E-state index in [1.165, 1.54) is 0 Å². The average Bonchev–Trinajstić information content (AvgIpc) is 2.37. The summed E-state index contributed by atoms with van der Waals surface area (Å²) in [6.07, 6.45) is 0.990. The van der Waals surface area contributed by atoms with E-state index < -0.39 is 18.2 Å². The average molecular weight is 273 g/mol. The highest BCUT2D eigenvalue weighted by Gasteiger charge is 2.28. The van der Waals surface area contributed by atoms with Gasteiger partial charge >= 0.3 is 5.97 Å². The Labute approximate surface area is 113 Å². The molecule has 0 bridgehead atoms. The predicted molar refractivity (Wildman–Crippen MR) is 68.9 cm³/mol. The van der Waals surface area contributed by atoms with Gasteiger partial charge in [0.25, 0.3) is 5.91 Å². The van der Waals surface area contributed by atoms with E-state index in [-0.39, 0.29) is 12.3 Å². The Balaban J connectivity index is 2.40. The summed E-state index contributed by atoms with van der Waals surface area (Å²) in [7, 11) is 0. The van der Waals surface area contributed by atoms with Gasteiger partial charge in [0, 0.05) is 19.7 Å². The van der Waals surface area contributed by atoms with Crippen LogP contribution in [0.3, 0.4) is 0 Å². The van der Waals surface area contributed by atoms with Gasteiger partial charge in [-0.25, -0.2) is 0 Å². The molecule has 0 aromatic rings. The van der Waals surface area contributed by atoms with Crippen molar-refractivity contribution in [1.29, 1.82) is 0 Å². The van der Waals surface area contributed by atoms with Gasteiger partial charge in [-0.2, -0.15) is 0 Å². The van der Waals surface area contributed by atoms with Crippen molar-refractivity contribution in [3.8, 4) is 0 Å². The van der Waals surface area contributed by atoms with Crippen molar-refractivity contribution in [3.63, 3.8) is 0 Å². The van der Waals surface area contributed by atoms with Crippen LogP contribution in [-0.4, -0.2) is 60.4 Å². The van der Waals surface area contributed by atoms with E-state index in [4.69, 9.17) is 14.6 Å². The lowest BCUT2D eigenvalue weighted by molar-refractivity contribution is -0.154. The Morgan fingerprint density at radius 2 is 2.26 bits per heavy atom. The quantitative estimate of drug-likeness (QED) is 0.697. The van der Waals surface area contributed by atoms with E-state index in [1.807, 2.05) is 0 Å². The zero-order valence-electron chi connectivity index (χ0n) is 11.6. The van der Waals surface area contributed by atoms with Crippen molar-refractivity contribution in [1.82, 2.24) is 4.90 Å². The first-order valence-corrected chi connectivity index (χ1v) is 6.78. The predicted octanol–water partition coefficient (Wildman–Crippen LogP) is 0.894. The van der Waals surface area contributed by atoms with Crippen molar-refractivity contribution in [2.24, 2.45) is 0 Å². The highest BCUT2D eigenvalue weighted by molar-refractivity contribution is 5.80. The van der Waals surface area contributed by atoms with Gasteiger partial charge in [-0.3, -0.25) is 9.59 Å². The summed E-state index contributed by atoms with van der Waals surface area (Å²) in [5, 5.41) is 8.73. The second kappa shape index (κ2) is 8.12. The zero-order chi connectivity index (χ0) is 14.3. The first kappa shape index (κ1) is 15.9. The molecular formula is C13H23NO5. The van der Waals surface area contributed by atoms with Gasteiger partial charge in [0.2, 0.25) is 0 Å². The molecule has 1 fully saturated rings. The third-order valence-electron chi connectivity index (χ3n) is 3.07. The van der Waals surface area contributed by atoms with Crippen LogP contribution in [0.4, 0.5) is 0 Å². The van der Waals surface area contributed by atoms with Gasteiger partial charge in [0.05, 0.1) is 19.1 Å². The summed E-state index contributed by atoms with van der Waals surface area (Å²) in [6.45, 7) is 5.58. The van der Waals surface area contributed by atoms with E-state index in [1.54, 1.807) is 11.8 Å². The monoisotopic (exact) mass is 273 g/mol. The minimum Gasteiger partial charge on any atom is -0.481 e. The van der Waals surface area contributed by atoms with Crippen LogP contribution in [-0.2, 0) is 19.1 Å². The lowest BCUT2D eigenvalue weighted by Gasteiger charge is -2.33. The fourth-order valence-electron chi connectivity index (χ4n) is 1.97. The SMILES string of the molecule is CCCCOC(C)C(=O)N1CCOC(CC(=O)O)C1. The fourth-order valence-corrected chi connectivity index (χ4v) is 1.97. The summed E-state index contributed by atoms with van der Waals surface area (Å²) in [5.41, 5.74) is 0. The number of carbonyl (C=O) groups excluding carboxylic acids is 1. The lowest BCUT2D eigenvalue weighted by Crippen LogP contribution is -2.49. The molecule has 1 amide bonds. The first-order valence-electron chi connectivity index (χ1n) is 6.78. The van der Waals surface area contributed by atoms with Crippen molar-refractivity contribution in [3.05, 3.63) is 0 Å². The van der Waals surface area contributed by atoms with Gasteiger partial charge in [-0.05, 0) is 13.3 Å². The Morgan fingerprint density at radius 3 is 2.89 bits per heavy atom. The van der Waals surface area contributed by atoms with Crippen LogP contribution in [0, 0.1) is 0 Å². The molecule has 0 spiro atoms. The molecule has 19 heavy (non-hydrogen) atoms. The van der Waals surface area contributed by atoms with Crippen molar-refractivity contribution in [2.75, 3.05) is 26.3 Å². The van der Waals surface area contributed by atoms with Crippen molar-refractivity contribution >= 4 is 11.9 Å². The van der Waals surface area contributed by atoms with Gasteiger partial charge in [-0.1, -0.05) is 13.3 Å². The normalized spacial score (nSPS) is 21.2. The summed E-state index contributed by atoms with van der Waals surface area (Å²) in [6, 6.07) is 0. The molecule has 1 saturated heterocycles. The van der Waals surface area contributed by atoms with E-state index in [2.05, 4.69) is 6.92 Å². The fraction of sp³-hybridized carbons (Fsp3) is 0.846. The molecule has 0 aliphatic carbocycles. The molecule has 1 aliphatic heterocycles. The number of aliphatic carboxylic acids is 1. The maximum absolute atomic E-state index is 12.1. The number of hydrogen-bond acceptors (Lipinski definition) is 4. The number of morpholine rings is 1. The number of amides is 1. The Hall–Kier alpha value is -1.14. The maximum atomic E-state index is 12.1. The van der Waals surface area contributed by atoms with Crippen LogP contribution in [0.5, 0.6) is 0 Å². The van der Waals surface area contributed by atoms with Gasteiger partial charge in [0.1, 0.15) is 6.10 Å². The minimum atomic E-state index is -0.911. The van der Waals surface area contributed by atoms with Crippen LogP contribution in [0.15, 0.2) is 0 Å². The number of hydrogen-bond donors (Lipinski definition) is 1. The summed E-state index contributed by atoms with van der Waals surface area (Å²) in [4.78, 5) is 24.4. The molecule has 0 aromatic carbocycles. The van der Waals surface area contributed by atoms with Crippen molar-refractivity contribution in [2.45, 2.75) is 45.3 Å². The Morgan fingerprint density at radius 1 is 1.53 bits per heavy atom. The Kier molecular flexibility index (Phi) is 6.80. The third-order valence-corrected chi connectivity index (χ3v) is 3.07. The largest absolute Gasteiger partial charge is 0.481 e. The van der Waals surface area contributed by atoms with Crippen molar-refractivity contribution < 1.29 is 24.2 Å². The van der Waals surface area contributed by atoms with E-state index >= 15 is 0 Å². The molecule has 0 radical (unpaired) electrons. The van der Waals surface area contributed by atoms with E-state index in [0.717, 1.165) is 12.8 Å². The van der Waals surface area contributed by atoms with E-state index in [9.17, 15) is 9.59 Å². The van der Waals surface area contributed by atoms with Gasteiger partial charge < -0.3 is 19.5 Å². The number of unbranched alkanes of at least 4 members (excludes halogenated alkanes) is 1. The van der Waals surface area contributed by atoms with Crippen LogP contribution >= 0.6 is 0 Å². The molecule has 2 unspecified atom stereocenters. The minimum absolute atomic E-state index is 0.0746. The summed E-state index contributed by atoms with van der Waals surface area (Å²) in [5.74, 6) is -0.999. The molecule has 6 nitrogen and oxygen atoms in total. The molecule has 110 valence electrons. The maximum Gasteiger partial charge on any atom is 0.306 e. The smallest absolute Gasteiger partial charge is 0.306 e. The van der Waals surface area contributed by atoms with Gasteiger partial charge in [-0.15, -0.1) is 0 Å². The third kappa shape index (κ3) is 5.57. The number of carboxylic acids is 1. The topological polar surface area (TPSA) is 76.1 Å². The number of carbonyl (C=O) groups is 2.